The Labute approximate surface area is 224 Å². The summed E-state index contributed by atoms with van der Waals surface area (Å²) in [5.41, 5.74) is 12.5. The first kappa shape index (κ1) is 20.5. The summed E-state index contributed by atoms with van der Waals surface area (Å²) in [7, 11) is 0. The van der Waals surface area contributed by atoms with Gasteiger partial charge in [-0.15, -0.1) is 11.3 Å². The maximum atomic E-state index is 5.17. The number of nitrogens with zero attached hydrogens (tertiary/aromatic N) is 1. The molecular weight excluding hydrogens is 478 g/mol. The molecule has 0 unspecified atom stereocenters. The largest absolute Gasteiger partial charge is 0.248 e. The predicted molar refractivity (Wildman–Crippen MR) is 159 cm³/mol. The molecule has 2 aliphatic rings. The van der Waals surface area contributed by atoms with Crippen molar-refractivity contribution in [2.45, 2.75) is 5.41 Å². The van der Waals surface area contributed by atoms with Crippen LogP contribution in [0, 0.1) is 0 Å². The van der Waals surface area contributed by atoms with Crippen molar-refractivity contribution in [3.63, 3.8) is 0 Å². The zero-order valence-electron chi connectivity index (χ0n) is 20.5. The Morgan fingerprint density at radius 3 is 2.00 bits per heavy atom. The Kier molecular flexibility index (Phi) is 3.93. The Bertz CT molecular complexity index is 2050. The highest BCUT2D eigenvalue weighted by Gasteiger charge is 2.53. The average Bonchev–Trinajstić information content (AvgIpc) is 3.60. The van der Waals surface area contributed by atoms with Gasteiger partial charge in [0.25, 0.3) is 0 Å². The second-order valence-corrected chi connectivity index (χ2v) is 11.3. The van der Waals surface area contributed by atoms with Crippen LogP contribution in [0.4, 0.5) is 0 Å². The molecule has 176 valence electrons. The minimum absolute atomic E-state index is 0.325. The van der Waals surface area contributed by atoms with Gasteiger partial charge < -0.3 is 0 Å². The van der Waals surface area contributed by atoms with Gasteiger partial charge in [0, 0.05) is 31.5 Å². The minimum Gasteiger partial charge on any atom is -0.248 e. The standard InChI is InChI=1S/C36H21NS/c1-7-18-30-22(10-1)20-21-31(37-30)25-14-9-17-29-33(25)34-26-13-4-8-19-32(26)38-35(34)36(29)27-15-5-2-11-23(27)24-12-3-6-16-28(24)36/h1-21H. The van der Waals surface area contributed by atoms with Crippen molar-refractivity contribution in [3.05, 3.63) is 149 Å². The van der Waals surface area contributed by atoms with Crippen molar-refractivity contribution in [1.29, 1.82) is 0 Å². The molecular formula is C36H21NS. The van der Waals surface area contributed by atoms with Crippen molar-refractivity contribution < 1.29 is 0 Å². The molecule has 5 aromatic carbocycles. The second kappa shape index (κ2) is 7.28. The van der Waals surface area contributed by atoms with Crippen LogP contribution < -0.4 is 0 Å². The van der Waals surface area contributed by atoms with Gasteiger partial charge >= 0.3 is 0 Å². The van der Waals surface area contributed by atoms with Crippen molar-refractivity contribution >= 4 is 32.3 Å². The number of hydrogen-bond acceptors (Lipinski definition) is 2. The van der Waals surface area contributed by atoms with Gasteiger partial charge in [0.1, 0.15) is 0 Å². The molecule has 1 spiro atoms. The van der Waals surface area contributed by atoms with Gasteiger partial charge in [-0.1, -0.05) is 109 Å². The monoisotopic (exact) mass is 499 g/mol. The van der Waals surface area contributed by atoms with Crippen LogP contribution in [-0.2, 0) is 5.41 Å². The van der Waals surface area contributed by atoms with E-state index < -0.39 is 0 Å². The van der Waals surface area contributed by atoms with Crippen molar-refractivity contribution in [1.82, 2.24) is 4.98 Å². The van der Waals surface area contributed by atoms with Crippen LogP contribution in [0.15, 0.2) is 127 Å². The fourth-order valence-electron chi connectivity index (χ4n) is 7.01. The SMILES string of the molecule is c1ccc2c(c1)-c1ccccc1C21c2cccc(-c3ccc4ccccc4n3)c2-c2c1sc1ccccc21. The van der Waals surface area contributed by atoms with Gasteiger partial charge in [-0.2, -0.15) is 0 Å². The minimum atomic E-state index is -0.325. The molecule has 0 saturated carbocycles. The van der Waals surface area contributed by atoms with Crippen LogP contribution in [-0.4, -0.2) is 4.98 Å². The molecule has 2 heterocycles. The number of hydrogen-bond donors (Lipinski definition) is 0. The first-order chi connectivity index (χ1) is 18.9. The molecule has 2 heteroatoms. The number of para-hydroxylation sites is 1. The molecule has 0 fully saturated rings. The number of aromatic nitrogens is 1. The lowest BCUT2D eigenvalue weighted by Gasteiger charge is -2.29. The fourth-order valence-corrected chi connectivity index (χ4v) is 8.46. The lowest BCUT2D eigenvalue weighted by molar-refractivity contribution is 0.812. The topological polar surface area (TPSA) is 12.9 Å². The molecule has 0 atom stereocenters. The Hall–Kier alpha value is -4.53. The van der Waals surface area contributed by atoms with Crippen LogP contribution in [0.3, 0.4) is 0 Å². The molecule has 0 bridgehead atoms. The molecule has 38 heavy (non-hydrogen) atoms. The summed E-state index contributed by atoms with van der Waals surface area (Å²) in [6.07, 6.45) is 0. The molecule has 9 rings (SSSR count). The quantitative estimate of drug-likeness (QED) is 0.219. The van der Waals surface area contributed by atoms with E-state index in [-0.39, 0.29) is 5.41 Å². The van der Waals surface area contributed by atoms with Gasteiger partial charge in [0.05, 0.1) is 16.6 Å². The van der Waals surface area contributed by atoms with Gasteiger partial charge in [0.15, 0.2) is 0 Å². The van der Waals surface area contributed by atoms with Crippen LogP contribution in [0.5, 0.6) is 0 Å². The van der Waals surface area contributed by atoms with Crippen LogP contribution >= 0.6 is 11.3 Å². The van der Waals surface area contributed by atoms with Crippen molar-refractivity contribution in [3.8, 4) is 33.5 Å². The second-order valence-electron chi connectivity index (χ2n) is 10.3. The lowest BCUT2D eigenvalue weighted by Crippen LogP contribution is -2.24. The number of benzene rings is 5. The smallest absolute Gasteiger partial charge is 0.0819 e. The van der Waals surface area contributed by atoms with Crippen LogP contribution in [0.25, 0.3) is 54.5 Å². The molecule has 2 aromatic heterocycles. The molecule has 7 aromatic rings. The fraction of sp³-hybridized carbons (Fsp3) is 0.0278. The Balaban J connectivity index is 1.47. The van der Waals surface area contributed by atoms with E-state index in [0.29, 0.717) is 0 Å². The third kappa shape index (κ3) is 2.39. The lowest BCUT2D eigenvalue weighted by atomic mass is 9.73. The van der Waals surface area contributed by atoms with Crippen LogP contribution in [0.1, 0.15) is 21.6 Å². The number of pyridine rings is 1. The van der Waals surface area contributed by atoms with E-state index in [1.54, 1.807) is 0 Å². The molecule has 1 nitrogen and oxygen atoms in total. The highest BCUT2D eigenvalue weighted by molar-refractivity contribution is 7.20. The van der Waals surface area contributed by atoms with E-state index in [9.17, 15) is 0 Å². The van der Waals surface area contributed by atoms with E-state index in [0.717, 1.165) is 11.2 Å². The maximum absolute atomic E-state index is 5.17. The maximum Gasteiger partial charge on any atom is 0.0819 e. The first-order valence-corrected chi connectivity index (χ1v) is 13.9. The molecule has 0 radical (unpaired) electrons. The third-order valence-electron chi connectivity index (χ3n) is 8.48. The summed E-state index contributed by atoms with van der Waals surface area (Å²) in [4.78, 5) is 6.60. The van der Waals surface area contributed by atoms with Gasteiger partial charge in [-0.25, -0.2) is 4.98 Å². The molecule has 0 N–H and O–H groups in total. The molecule has 2 aliphatic carbocycles. The van der Waals surface area contributed by atoms with Crippen molar-refractivity contribution in [2.24, 2.45) is 0 Å². The molecule has 0 saturated heterocycles. The Morgan fingerprint density at radius 2 is 1.16 bits per heavy atom. The average molecular weight is 500 g/mol. The summed E-state index contributed by atoms with van der Waals surface area (Å²) in [5.74, 6) is 0. The highest BCUT2D eigenvalue weighted by atomic mass is 32.1. The third-order valence-corrected chi connectivity index (χ3v) is 9.77. The summed E-state index contributed by atoms with van der Waals surface area (Å²) >= 11 is 1.95. The zero-order valence-corrected chi connectivity index (χ0v) is 21.3. The summed E-state index contributed by atoms with van der Waals surface area (Å²) in [6, 6.07) is 46.6. The van der Waals surface area contributed by atoms with E-state index in [4.69, 9.17) is 4.98 Å². The van der Waals surface area contributed by atoms with E-state index in [1.165, 1.54) is 64.9 Å². The molecule has 0 amide bonds. The Morgan fingerprint density at radius 1 is 0.500 bits per heavy atom. The van der Waals surface area contributed by atoms with E-state index >= 15 is 0 Å². The number of rotatable bonds is 1. The van der Waals surface area contributed by atoms with Gasteiger partial charge in [-0.3, -0.25) is 0 Å². The zero-order chi connectivity index (χ0) is 24.8. The van der Waals surface area contributed by atoms with Crippen molar-refractivity contribution in [2.75, 3.05) is 0 Å². The molecule has 0 aliphatic heterocycles. The highest BCUT2D eigenvalue weighted by Crippen LogP contribution is 2.66. The first-order valence-electron chi connectivity index (χ1n) is 13.1. The predicted octanol–water partition coefficient (Wildman–Crippen LogP) is 9.46. The van der Waals surface area contributed by atoms with Gasteiger partial charge in [-0.05, 0) is 51.6 Å². The number of fused-ring (bicyclic) bond motifs is 13. The van der Waals surface area contributed by atoms with E-state index in [2.05, 4.69) is 127 Å². The summed E-state index contributed by atoms with van der Waals surface area (Å²) in [6.45, 7) is 0. The number of thiophene rings is 1. The van der Waals surface area contributed by atoms with E-state index in [1.807, 2.05) is 11.3 Å². The summed E-state index contributed by atoms with van der Waals surface area (Å²) < 4.78 is 1.34. The van der Waals surface area contributed by atoms with Crippen LogP contribution in [0.2, 0.25) is 0 Å². The van der Waals surface area contributed by atoms with Gasteiger partial charge in [0.2, 0.25) is 0 Å². The summed E-state index contributed by atoms with van der Waals surface area (Å²) in [5, 5.41) is 2.50. The normalized spacial score (nSPS) is 14.0.